The van der Waals surface area contributed by atoms with E-state index in [4.69, 9.17) is 33.2 Å². The van der Waals surface area contributed by atoms with E-state index in [0.717, 1.165) is 172 Å². The molecule has 1 fully saturated rings. The van der Waals surface area contributed by atoms with Crippen molar-refractivity contribution in [2.24, 2.45) is 45.1 Å². The molecule has 0 aliphatic heterocycles. The monoisotopic (exact) mass is 1760 g/mol. The van der Waals surface area contributed by atoms with E-state index in [1.807, 2.05) is 168 Å². The molecule has 9 N–H and O–H groups in total. The number of nitriles is 2. The summed E-state index contributed by atoms with van der Waals surface area (Å²) < 4.78 is 36.7. The summed E-state index contributed by atoms with van der Waals surface area (Å²) in [7, 11) is -3.17. The Kier molecular flexibility index (Phi) is 26.8. The summed E-state index contributed by atoms with van der Waals surface area (Å²) >= 11 is 0. The van der Waals surface area contributed by atoms with Gasteiger partial charge in [-0.1, -0.05) is 114 Å². The molecule has 131 heavy (non-hydrogen) atoms. The highest BCUT2D eigenvalue weighted by molar-refractivity contribution is 7.89. The number of hydrogen-bond acceptors (Lipinski definition) is 19. The second-order valence-corrected chi connectivity index (χ2v) is 36.4. The number of fused-ring (bicyclic) bond motifs is 4. The fourth-order valence-electron chi connectivity index (χ4n) is 14.7. The summed E-state index contributed by atoms with van der Waals surface area (Å²) in [6.07, 6.45) is 39.0. The molecule has 13 heterocycles. The number of aliphatic hydroxyl groups is 1. The van der Waals surface area contributed by atoms with Gasteiger partial charge in [0.1, 0.15) is 28.7 Å². The number of carbonyl (C=O) groups excluding carboxylic acids is 4. The number of nitrogens with zero attached hydrogens (tertiary/aromatic N) is 20. The summed E-state index contributed by atoms with van der Waals surface area (Å²) in [4.78, 5) is 55.4. The van der Waals surface area contributed by atoms with Crippen molar-refractivity contribution in [3.8, 4) is 137 Å². The van der Waals surface area contributed by atoms with E-state index in [2.05, 4.69) is 124 Å². The molecule has 0 radical (unpaired) electrons. The maximum atomic E-state index is 11.6. The first-order valence-corrected chi connectivity index (χ1v) is 44.2. The largest absolute Gasteiger partial charge is 0.389 e. The van der Waals surface area contributed by atoms with E-state index < -0.39 is 55.3 Å². The van der Waals surface area contributed by atoms with E-state index in [0.29, 0.717) is 18.9 Å². The van der Waals surface area contributed by atoms with E-state index >= 15 is 0 Å². The highest BCUT2D eigenvalue weighted by atomic mass is 32.2. The summed E-state index contributed by atoms with van der Waals surface area (Å²) in [5.41, 5.74) is 40.0. The molecule has 0 bridgehead atoms. The van der Waals surface area contributed by atoms with Crippen molar-refractivity contribution in [1.29, 1.82) is 10.5 Å². The molecule has 32 heteroatoms. The van der Waals surface area contributed by atoms with Crippen molar-refractivity contribution in [2.75, 3.05) is 6.26 Å². The molecule has 0 atom stereocenters. The quantitative estimate of drug-likeness (QED) is 0.0329. The molecule has 0 spiro atoms. The van der Waals surface area contributed by atoms with Crippen molar-refractivity contribution in [3.63, 3.8) is 0 Å². The fraction of sp³-hybridized carbons (Fsp3) is 0.253. The van der Waals surface area contributed by atoms with Crippen molar-refractivity contribution in [1.82, 2.24) is 87.5 Å². The van der Waals surface area contributed by atoms with Crippen molar-refractivity contribution in [3.05, 3.63) is 255 Å². The lowest BCUT2D eigenvalue weighted by molar-refractivity contribution is -0.124. The normalized spacial score (nSPS) is 13.3. The molecule has 1 aliphatic rings. The van der Waals surface area contributed by atoms with Crippen LogP contribution in [0.1, 0.15) is 122 Å². The molecule has 13 aromatic heterocycles. The Balaban J connectivity index is 0.000000141. The zero-order valence-electron chi connectivity index (χ0n) is 73.7. The Morgan fingerprint density at radius 1 is 0.435 bits per heavy atom. The minimum absolute atomic E-state index is 0.0385. The second-order valence-electron chi connectivity index (χ2n) is 34.3. The van der Waals surface area contributed by atoms with Crippen molar-refractivity contribution < 1.29 is 32.7 Å². The third-order valence-electron chi connectivity index (χ3n) is 22.2. The molecule has 1 aliphatic carbocycles. The summed E-state index contributed by atoms with van der Waals surface area (Å²) in [5.74, 6) is 16.7. The summed E-state index contributed by atoms with van der Waals surface area (Å²) in [6, 6.07) is 43.9. The molecule has 4 amide bonds. The molecule has 0 saturated heterocycles. The van der Waals surface area contributed by atoms with E-state index in [9.17, 15) is 38.0 Å². The van der Waals surface area contributed by atoms with Gasteiger partial charge in [0.25, 0.3) is 0 Å². The van der Waals surface area contributed by atoms with Gasteiger partial charge in [-0.3, -0.25) is 47.9 Å². The lowest BCUT2D eigenvalue weighted by Gasteiger charge is -2.24. The lowest BCUT2D eigenvalue weighted by Crippen LogP contribution is -2.29. The molecular formula is C99H96N24O7S. The smallest absolute Gasteiger partial charge is 0.239 e. The minimum atomic E-state index is -3.17. The predicted octanol–water partition coefficient (Wildman–Crippen LogP) is 13.2. The summed E-state index contributed by atoms with van der Waals surface area (Å²) in [5, 5.41) is 62.9. The number of unbranched alkanes of at least 4 members (excludes halogenated alkanes) is 1. The second kappa shape index (κ2) is 38.5. The van der Waals surface area contributed by atoms with Gasteiger partial charge in [-0.05, 0) is 163 Å². The Morgan fingerprint density at radius 3 is 1.22 bits per heavy atom. The van der Waals surface area contributed by atoms with Crippen LogP contribution in [0, 0.1) is 80.3 Å². The standard InChI is InChI=1S/C26H24N6O.C25H27N7O.C24H22N6O2.C24H23N5O3S/c1-26(2,25(28)33)12-11-21-6-5-15-32-24(21)23(17-30-32)20-9-7-19(8-10-20)22-16-29-31(18-22)14-4-3-13-27;1-25(2,33)16-31-15-20(13-29-31)22-8-7-19(12-28-22)21-14-30-32-10-9-27-23(24(21)32)18-5-3-17(11-26)4-6-18;1-24(2,23(26)32)10-9-18-4-3-11-30-22(18)20(13-28-30)17-7-5-16(6-8-17)19-12-27-29(14-19)15-21(25)31;1-24(2,23(25)30)11-10-19-5-4-12-29-22(19)21(14-27-29)18-8-6-17(7-9-18)20-13-26-28(15-20)16-33(3,31)32/h5-10,15-18H,3-4,14H2,1-2H3,(H2,28,33);7-10,12-15,17-18,33H,3-6,16H2,1-2H3;3-8,11-14H,15H2,1-2H3,(H2,25,31)(H2,26,32);4-9,12-15H,16H2,1-3H3,(H2,25,30). The Morgan fingerprint density at radius 2 is 0.817 bits per heavy atom. The number of benzene rings is 3. The fourth-order valence-corrected chi connectivity index (χ4v) is 15.3. The highest BCUT2D eigenvalue weighted by Crippen LogP contribution is 2.40. The van der Waals surface area contributed by atoms with Crippen LogP contribution in [0.2, 0.25) is 0 Å². The van der Waals surface area contributed by atoms with Gasteiger partial charge in [0.15, 0.2) is 9.84 Å². The molecule has 660 valence electrons. The molecular weight excluding hydrogens is 1670 g/mol. The van der Waals surface area contributed by atoms with Gasteiger partial charge in [-0.25, -0.2) is 26.5 Å². The molecule has 1 saturated carbocycles. The van der Waals surface area contributed by atoms with Crippen LogP contribution in [0.25, 0.3) is 111 Å². The third-order valence-corrected chi connectivity index (χ3v) is 22.9. The van der Waals surface area contributed by atoms with Gasteiger partial charge in [0, 0.05) is 143 Å². The van der Waals surface area contributed by atoms with Gasteiger partial charge in [0.05, 0.1) is 124 Å². The number of aromatic nitrogens is 18. The number of hydrogen-bond donors (Lipinski definition) is 5. The zero-order chi connectivity index (χ0) is 93.1. The van der Waals surface area contributed by atoms with Gasteiger partial charge in [-0.15, -0.1) is 0 Å². The topological polar surface area (TPSA) is 441 Å². The van der Waals surface area contributed by atoms with Crippen molar-refractivity contribution >= 4 is 55.5 Å². The molecule has 17 rings (SSSR count). The Hall–Kier alpha value is -16.2. The molecule has 3 aromatic carbocycles. The number of aryl methyl sites for hydroxylation is 1. The zero-order valence-corrected chi connectivity index (χ0v) is 74.5. The van der Waals surface area contributed by atoms with Gasteiger partial charge in [0.2, 0.25) is 23.6 Å². The van der Waals surface area contributed by atoms with Crippen LogP contribution in [0.15, 0.2) is 233 Å². The average Bonchev–Trinajstić information content (AvgIpc) is 1.66. The molecule has 0 unspecified atom stereocenters. The summed E-state index contributed by atoms with van der Waals surface area (Å²) in [6.45, 7) is 14.9. The average molecular weight is 1770 g/mol. The Bertz CT molecular complexity index is 7360. The van der Waals surface area contributed by atoms with E-state index in [-0.39, 0.29) is 18.3 Å². The number of amides is 4. The third kappa shape index (κ3) is 21.9. The van der Waals surface area contributed by atoms with Gasteiger partial charge in [-0.2, -0.15) is 51.3 Å². The number of primary amides is 4. The maximum absolute atomic E-state index is 11.6. The number of rotatable bonds is 21. The first-order valence-electron chi connectivity index (χ1n) is 42.1. The molecule has 16 aromatic rings. The predicted molar refractivity (Wildman–Crippen MR) is 498 cm³/mol. The minimum Gasteiger partial charge on any atom is -0.389 e. The van der Waals surface area contributed by atoms with Crippen LogP contribution in [0.5, 0.6) is 0 Å². The van der Waals surface area contributed by atoms with E-state index in [1.165, 1.54) is 15.6 Å². The van der Waals surface area contributed by atoms with Crippen LogP contribution in [0.3, 0.4) is 0 Å². The maximum Gasteiger partial charge on any atom is 0.239 e. The first-order chi connectivity index (χ1) is 62.6. The van der Waals surface area contributed by atoms with Crippen LogP contribution >= 0.6 is 0 Å². The van der Waals surface area contributed by atoms with Crippen LogP contribution in [0.4, 0.5) is 0 Å². The van der Waals surface area contributed by atoms with Gasteiger partial charge >= 0.3 is 0 Å². The van der Waals surface area contributed by atoms with Gasteiger partial charge < -0.3 is 28.0 Å². The number of pyridine rings is 4. The number of carbonyl (C=O) groups is 4. The van der Waals surface area contributed by atoms with Crippen LogP contribution < -0.4 is 22.9 Å². The lowest BCUT2D eigenvalue weighted by atomic mass is 9.80. The van der Waals surface area contributed by atoms with Crippen LogP contribution in [-0.2, 0) is 54.5 Å². The highest BCUT2D eigenvalue weighted by Gasteiger charge is 2.29. The van der Waals surface area contributed by atoms with E-state index in [1.54, 1.807) is 117 Å². The SMILES string of the molecule is CC(C)(C#Cc1cccn2ncc(-c3ccc(-c4cnn(CC(N)=O)c4)cc3)c12)C(N)=O.CC(C)(C#Cc1cccn2ncc(-c3ccc(-c4cnn(CCCC#N)c4)cc3)c12)C(N)=O.CC(C)(C#Cc1cccn2ncc(-c3ccc(-c4cnn(CS(C)(=O)=O)c4)cc3)c12)C(N)=O.CC(C)(O)Cn1cc(-c2ccc(-c3cnn4ccnc(C5CCC(C#N)CC5)c34)cn2)cn1. The molecule has 31 nitrogen and oxygen atoms in total. The number of sulfone groups is 1. The van der Waals surface area contributed by atoms with Crippen LogP contribution in [-0.4, -0.2) is 137 Å². The number of nitrogens with two attached hydrogens (primary N) is 4. The van der Waals surface area contributed by atoms with Crippen molar-refractivity contribution in [2.45, 2.75) is 131 Å². The first kappa shape index (κ1) is 91.0. The Labute approximate surface area is 756 Å².